The van der Waals surface area contributed by atoms with Crippen molar-refractivity contribution in [2.75, 3.05) is 18.0 Å². The third-order valence-electron chi connectivity index (χ3n) is 3.86. The Morgan fingerprint density at radius 1 is 1.26 bits per heavy atom. The molecule has 0 spiro atoms. The number of aromatic nitrogens is 1. The monoisotopic (exact) mass is 359 g/mol. The van der Waals surface area contributed by atoms with E-state index in [-0.39, 0.29) is 18.2 Å². The molecule has 1 N–H and O–H groups in total. The quantitative estimate of drug-likeness (QED) is 0.841. The molecular formula is C16H17Cl2F2N3. The molecule has 0 aliphatic carbocycles. The van der Waals surface area contributed by atoms with E-state index < -0.39 is 5.95 Å². The van der Waals surface area contributed by atoms with Crippen molar-refractivity contribution in [1.82, 2.24) is 10.3 Å². The van der Waals surface area contributed by atoms with Crippen LogP contribution in [0.2, 0.25) is 5.02 Å². The van der Waals surface area contributed by atoms with Gasteiger partial charge in [0.2, 0.25) is 5.95 Å². The number of halogens is 4. The molecule has 0 bridgehead atoms. The van der Waals surface area contributed by atoms with Crippen LogP contribution >= 0.6 is 24.0 Å². The average molecular weight is 360 g/mol. The molecule has 0 radical (unpaired) electrons. The molecule has 1 saturated heterocycles. The van der Waals surface area contributed by atoms with Crippen LogP contribution in [0.15, 0.2) is 36.5 Å². The number of benzene rings is 1. The maximum Gasteiger partial charge on any atom is 0.212 e. The van der Waals surface area contributed by atoms with E-state index in [1.54, 1.807) is 18.3 Å². The molecule has 1 aromatic carbocycles. The van der Waals surface area contributed by atoms with Crippen molar-refractivity contribution in [2.24, 2.45) is 0 Å². The van der Waals surface area contributed by atoms with Crippen molar-refractivity contribution >= 4 is 29.7 Å². The van der Waals surface area contributed by atoms with Crippen LogP contribution in [0.4, 0.5) is 14.5 Å². The van der Waals surface area contributed by atoms with Crippen LogP contribution in [0.3, 0.4) is 0 Å². The fourth-order valence-corrected chi connectivity index (χ4v) is 2.87. The van der Waals surface area contributed by atoms with E-state index in [4.69, 9.17) is 11.6 Å². The summed E-state index contributed by atoms with van der Waals surface area (Å²) in [6.07, 6.45) is 2.53. The van der Waals surface area contributed by atoms with Crippen molar-refractivity contribution < 1.29 is 8.78 Å². The van der Waals surface area contributed by atoms with Crippen LogP contribution < -0.4 is 10.2 Å². The fourth-order valence-electron chi connectivity index (χ4n) is 2.64. The van der Waals surface area contributed by atoms with Gasteiger partial charge in [-0.05, 0) is 36.2 Å². The Morgan fingerprint density at radius 3 is 2.78 bits per heavy atom. The summed E-state index contributed by atoms with van der Waals surface area (Å²) in [5.41, 5.74) is 1.80. The molecule has 1 unspecified atom stereocenters. The summed E-state index contributed by atoms with van der Waals surface area (Å²) in [7, 11) is 0. The average Bonchev–Trinajstić information content (AvgIpc) is 2.96. The first-order valence-electron chi connectivity index (χ1n) is 7.15. The molecule has 124 valence electrons. The van der Waals surface area contributed by atoms with E-state index in [0.717, 1.165) is 30.8 Å². The molecule has 1 aliphatic heterocycles. The Labute approximate surface area is 145 Å². The standard InChI is InChI=1S/C16H16ClF2N3.ClH/c17-15-7-12(18)2-1-11(15)8-20-13-5-6-22(10-13)14-3-4-16(19)21-9-14;/h1-4,7,9,13,20H,5-6,8,10H2;1H. The SMILES string of the molecule is Cl.Fc1ccc(CNC2CCN(c3ccc(F)nc3)C2)c(Cl)c1. The van der Waals surface area contributed by atoms with Crippen LogP contribution in [0.1, 0.15) is 12.0 Å². The minimum absolute atomic E-state index is 0. The zero-order chi connectivity index (χ0) is 15.5. The van der Waals surface area contributed by atoms with Crippen molar-refractivity contribution in [3.63, 3.8) is 0 Å². The zero-order valence-electron chi connectivity index (χ0n) is 12.3. The third kappa shape index (κ3) is 4.53. The van der Waals surface area contributed by atoms with Gasteiger partial charge in [-0.15, -0.1) is 12.4 Å². The van der Waals surface area contributed by atoms with E-state index in [9.17, 15) is 8.78 Å². The highest BCUT2D eigenvalue weighted by molar-refractivity contribution is 6.31. The van der Waals surface area contributed by atoms with Gasteiger partial charge in [-0.3, -0.25) is 0 Å². The lowest BCUT2D eigenvalue weighted by Crippen LogP contribution is -2.32. The Bertz CT molecular complexity index is 652. The van der Waals surface area contributed by atoms with Gasteiger partial charge in [-0.2, -0.15) is 4.39 Å². The Morgan fingerprint density at radius 2 is 2.09 bits per heavy atom. The molecule has 2 heterocycles. The highest BCUT2D eigenvalue weighted by Crippen LogP contribution is 2.21. The van der Waals surface area contributed by atoms with Gasteiger partial charge in [0.1, 0.15) is 5.82 Å². The number of hydrogen-bond acceptors (Lipinski definition) is 3. The number of anilines is 1. The van der Waals surface area contributed by atoms with Crippen molar-refractivity contribution in [3.05, 3.63) is 58.9 Å². The van der Waals surface area contributed by atoms with Gasteiger partial charge in [0, 0.05) is 30.7 Å². The van der Waals surface area contributed by atoms with Crippen molar-refractivity contribution in [1.29, 1.82) is 0 Å². The van der Waals surface area contributed by atoms with Crippen molar-refractivity contribution in [3.8, 4) is 0 Å². The molecule has 2 aromatic rings. The number of nitrogens with zero attached hydrogens (tertiary/aromatic N) is 2. The van der Waals surface area contributed by atoms with Gasteiger partial charge in [-0.1, -0.05) is 17.7 Å². The second kappa shape index (κ2) is 7.90. The van der Waals surface area contributed by atoms with Crippen LogP contribution in [0.5, 0.6) is 0 Å². The number of rotatable bonds is 4. The number of pyridine rings is 1. The molecule has 7 heteroatoms. The molecule has 1 aliphatic rings. The van der Waals surface area contributed by atoms with Gasteiger partial charge >= 0.3 is 0 Å². The summed E-state index contributed by atoms with van der Waals surface area (Å²) in [6, 6.07) is 7.85. The minimum atomic E-state index is -0.469. The van der Waals surface area contributed by atoms with E-state index in [1.165, 1.54) is 18.2 Å². The van der Waals surface area contributed by atoms with Gasteiger partial charge in [0.15, 0.2) is 0 Å². The molecule has 3 nitrogen and oxygen atoms in total. The first kappa shape index (κ1) is 17.9. The van der Waals surface area contributed by atoms with Crippen LogP contribution in [-0.4, -0.2) is 24.1 Å². The summed E-state index contributed by atoms with van der Waals surface area (Å²) in [5.74, 6) is -0.798. The summed E-state index contributed by atoms with van der Waals surface area (Å²) < 4.78 is 25.9. The predicted molar refractivity (Wildman–Crippen MR) is 90.3 cm³/mol. The van der Waals surface area contributed by atoms with Gasteiger partial charge in [0.25, 0.3) is 0 Å². The van der Waals surface area contributed by atoms with Gasteiger partial charge in [-0.25, -0.2) is 9.37 Å². The molecule has 23 heavy (non-hydrogen) atoms. The highest BCUT2D eigenvalue weighted by Gasteiger charge is 2.22. The fraction of sp³-hybridized carbons (Fsp3) is 0.312. The number of hydrogen-bond donors (Lipinski definition) is 1. The van der Waals surface area contributed by atoms with E-state index in [2.05, 4.69) is 15.2 Å². The van der Waals surface area contributed by atoms with Gasteiger partial charge < -0.3 is 10.2 Å². The minimum Gasteiger partial charge on any atom is -0.369 e. The molecule has 3 rings (SSSR count). The van der Waals surface area contributed by atoms with Crippen LogP contribution in [0, 0.1) is 11.8 Å². The highest BCUT2D eigenvalue weighted by atomic mass is 35.5. The maximum absolute atomic E-state index is 13.0. The normalized spacial score (nSPS) is 17.2. The van der Waals surface area contributed by atoms with Crippen LogP contribution in [-0.2, 0) is 6.54 Å². The molecular weight excluding hydrogens is 343 g/mol. The lowest BCUT2D eigenvalue weighted by molar-refractivity contribution is 0.550. The maximum atomic E-state index is 13.0. The van der Waals surface area contributed by atoms with E-state index in [0.29, 0.717) is 17.6 Å². The van der Waals surface area contributed by atoms with E-state index in [1.807, 2.05) is 0 Å². The second-order valence-corrected chi connectivity index (χ2v) is 5.79. The first-order chi connectivity index (χ1) is 10.6. The molecule has 0 amide bonds. The van der Waals surface area contributed by atoms with Crippen molar-refractivity contribution in [2.45, 2.75) is 19.0 Å². The Balaban J connectivity index is 0.00000192. The largest absolute Gasteiger partial charge is 0.369 e. The Kier molecular flexibility index (Phi) is 6.16. The smallest absolute Gasteiger partial charge is 0.212 e. The number of nitrogens with one attached hydrogen (secondary N) is 1. The van der Waals surface area contributed by atoms with E-state index >= 15 is 0 Å². The lowest BCUT2D eigenvalue weighted by atomic mass is 10.2. The zero-order valence-corrected chi connectivity index (χ0v) is 13.9. The topological polar surface area (TPSA) is 28.2 Å². The molecule has 1 fully saturated rings. The lowest BCUT2D eigenvalue weighted by Gasteiger charge is -2.18. The third-order valence-corrected chi connectivity index (χ3v) is 4.21. The summed E-state index contributed by atoms with van der Waals surface area (Å²) >= 11 is 6.02. The molecule has 0 saturated carbocycles. The van der Waals surface area contributed by atoms with Crippen LogP contribution in [0.25, 0.3) is 0 Å². The second-order valence-electron chi connectivity index (χ2n) is 5.39. The van der Waals surface area contributed by atoms with Gasteiger partial charge in [0.05, 0.1) is 11.9 Å². The molecule has 1 aromatic heterocycles. The summed E-state index contributed by atoms with van der Waals surface area (Å²) in [4.78, 5) is 5.84. The Hall–Kier alpha value is -1.43. The summed E-state index contributed by atoms with van der Waals surface area (Å²) in [6.45, 7) is 2.31. The first-order valence-corrected chi connectivity index (χ1v) is 7.53. The molecule has 1 atom stereocenters. The summed E-state index contributed by atoms with van der Waals surface area (Å²) in [5, 5.41) is 3.86. The predicted octanol–water partition coefficient (Wildman–Crippen LogP) is 3.80.